The molecule has 2 aromatic carbocycles. The summed E-state index contributed by atoms with van der Waals surface area (Å²) in [5, 5.41) is 2.85. The molecule has 0 aliphatic carbocycles. The van der Waals surface area contributed by atoms with Crippen LogP contribution in [-0.4, -0.2) is 19.9 Å². The van der Waals surface area contributed by atoms with Crippen LogP contribution in [0.2, 0.25) is 0 Å². The summed E-state index contributed by atoms with van der Waals surface area (Å²) >= 11 is 0. The Kier molecular flexibility index (Phi) is 5.46. The van der Waals surface area contributed by atoms with Crippen LogP contribution in [0.4, 0.5) is 28.9 Å². The zero-order valence-corrected chi connectivity index (χ0v) is 13.6. The van der Waals surface area contributed by atoms with E-state index in [2.05, 4.69) is 5.32 Å². The van der Waals surface area contributed by atoms with Crippen LogP contribution in [0.5, 0.6) is 0 Å². The number of anilines is 2. The SMILES string of the molecule is CN(C)c1ccc(N/C=C/C(=O)c2ccc([18F])c(C(F)(F)F)c2)cc1. The highest BCUT2D eigenvalue weighted by Crippen LogP contribution is 2.32. The number of nitrogens with one attached hydrogen (secondary N) is 1. The van der Waals surface area contributed by atoms with E-state index in [1.165, 1.54) is 6.20 Å². The van der Waals surface area contributed by atoms with Gasteiger partial charge in [-0.15, -0.1) is 0 Å². The van der Waals surface area contributed by atoms with Crippen molar-refractivity contribution in [2.45, 2.75) is 6.18 Å². The van der Waals surface area contributed by atoms with Crippen LogP contribution in [0.1, 0.15) is 15.9 Å². The van der Waals surface area contributed by atoms with Crippen LogP contribution in [0.3, 0.4) is 0 Å². The van der Waals surface area contributed by atoms with E-state index >= 15 is 0 Å². The van der Waals surface area contributed by atoms with Crippen LogP contribution < -0.4 is 10.2 Å². The van der Waals surface area contributed by atoms with E-state index in [9.17, 15) is 22.4 Å². The van der Waals surface area contributed by atoms with Crippen molar-refractivity contribution in [1.82, 2.24) is 0 Å². The predicted octanol–water partition coefficient (Wildman–Crippen LogP) is 4.72. The lowest BCUT2D eigenvalue weighted by atomic mass is 10.1. The van der Waals surface area contributed by atoms with Crippen LogP contribution >= 0.6 is 0 Å². The lowest BCUT2D eigenvalue weighted by Crippen LogP contribution is -2.10. The molecule has 0 saturated heterocycles. The van der Waals surface area contributed by atoms with Gasteiger partial charge >= 0.3 is 6.18 Å². The van der Waals surface area contributed by atoms with Gasteiger partial charge in [0.25, 0.3) is 0 Å². The van der Waals surface area contributed by atoms with Crippen molar-refractivity contribution in [3.63, 3.8) is 0 Å². The normalized spacial score (nSPS) is 11.6. The molecule has 0 atom stereocenters. The Bertz CT molecular complexity index is 781. The summed E-state index contributed by atoms with van der Waals surface area (Å²) in [6, 6.07) is 9.49. The van der Waals surface area contributed by atoms with Gasteiger partial charge in [0.05, 0.1) is 5.56 Å². The zero-order chi connectivity index (χ0) is 18.6. The first kappa shape index (κ1) is 18.5. The summed E-state index contributed by atoms with van der Waals surface area (Å²) < 4.78 is 51.2. The zero-order valence-electron chi connectivity index (χ0n) is 13.6. The fourth-order valence-corrected chi connectivity index (χ4v) is 2.06. The standard InChI is InChI=1S/C18H16F4N2O/c1-24(2)14-6-4-13(5-7-14)23-10-9-17(25)12-3-8-16(19)15(11-12)18(20,21)22/h3-11,23H,1-2H3/b10-9+/i19-1. The first-order chi connectivity index (χ1) is 11.7. The number of alkyl halides is 3. The van der Waals surface area contributed by atoms with Gasteiger partial charge in [0.1, 0.15) is 5.82 Å². The number of rotatable bonds is 5. The third kappa shape index (κ3) is 4.82. The number of carbonyl (C=O) groups is 1. The maximum absolute atomic E-state index is 13.2. The molecule has 1 N–H and O–H groups in total. The summed E-state index contributed by atoms with van der Waals surface area (Å²) in [7, 11) is 3.80. The second-order valence-electron chi connectivity index (χ2n) is 5.48. The fraction of sp³-hybridized carbons (Fsp3) is 0.167. The van der Waals surface area contributed by atoms with Crippen molar-refractivity contribution >= 4 is 17.2 Å². The van der Waals surface area contributed by atoms with E-state index in [-0.39, 0.29) is 5.56 Å². The number of benzene rings is 2. The lowest BCUT2D eigenvalue weighted by molar-refractivity contribution is -0.140. The van der Waals surface area contributed by atoms with Crippen LogP contribution in [0, 0.1) is 5.82 Å². The molecular formula is C18H16F4N2O. The molecule has 0 amide bonds. The van der Waals surface area contributed by atoms with Gasteiger partial charge in [0.2, 0.25) is 0 Å². The van der Waals surface area contributed by atoms with E-state index in [0.717, 1.165) is 17.8 Å². The van der Waals surface area contributed by atoms with Gasteiger partial charge in [-0.2, -0.15) is 13.2 Å². The molecule has 0 fully saturated rings. The summed E-state index contributed by atoms with van der Waals surface area (Å²) in [5.74, 6) is -2.07. The molecule has 0 unspecified atom stereocenters. The average Bonchev–Trinajstić information content (AvgIpc) is 2.54. The Labute approximate surface area is 142 Å². The molecule has 25 heavy (non-hydrogen) atoms. The fourth-order valence-electron chi connectivity index (χ4n) is 2.06. The predicted molar refractivity (Wildman–Crippen MR) is 89.3 cm³/mol. The second kappa shape index (κ2) is 7.38. The monoisotopic (exact) mass is 351 g/mol. The van der Waals surface area contributed by atoms with Crippen molar-refractivity contribution < 1.29 is 22.4 Å². The maximum Gasteiger partial charge on any atom is 0.419 e. The average molecular weight is 351 g/mol. The van der Waals surface area contributed by atoms with Gasteiger partial charge in [0, 0.05) is 43.3 Å². The van der Waals surface area contributed by atoms with Crippen LogP contribution in [0.25, 0.3) is 0 Å². The first-order valence-electron chi connectivity index (χ1n) is 7.30. The topological polar surface area (TPSA) is 32.3 Å². The number of carbonyl (C=O) groups excluding carboxylic acids is 1. The van der Waals surface area contributed by atoms with Crippen LogP contribution in [-0.2, 0) is 6.18 Å². The number of hydrogen-bond acceptors (Lipinski definition) is 3. The molecule has 132 valence electrons. The van der Waals surface area contributed by atoms with E-state index in [1.807, 2.05) is 31.1 Å². The molecule has 0 aliphatic heterocycles. The number of ketones is 1. The third-order valence-electron chi connectivity index (χ3n) is 3.42. The Morgan fingerprint density at radius 3 is 2.28 bits per heavy atom. The molecule has 0 saturated carbocycles. The van der Waals surface area contributed by atoms with Gasteiger partial charge in [-0.1, -0.05) is 0 Å². The minimum absolute atomic E-state index is 0.241. The van der Waals surface area contributed by atoms with Gasteiger partial charge in [0.15, 0.2) is 5.78 Å². The van der Waals surface area contributed by atoms with Gasteiger partial charge < -0.3 is 10.2 Å². The van der Waals surface area contributed by atoms with E-state index in [1.54, 1.807) is 12.1 Å². The lowest BCUT2D eigenvalue weighted by Gasteiger charge is -2.12. The van der Waals surface area contributed by atoms with Crippen molar-refractivity contribution in [2.75, 3.05) is 24.3 Å². The maximum atomic E-state index is 13.2. The van der Waals surface area contributed by atoms with Gasteiger partial charge in [-0.25, -0.2) is 4.39 Å². The van der Waals surface area contributed by atoms with Crippen LogP contribution in [0.15, 0.2) is 54.7 Å². The smallest absolute Gasteiger partial charge is 0.378 e. The summed E-state index contributed by atoms with van der Waals surface area (Å²) in [5.41, 5.74) is 0.00930. The Hall–Kier alpha value is -2.83. The highest BCUT2D eigenvalue weighted by atomic mass is 19.4. The highest BCUT2D eigenvalue weighted by molar-refractivity contribution is 6.04. The Balaban J connectivity index is 2.08. The molecule has 2 rings (SSSR count). The summed E-state index contributed by atoms with van der Waals surface area (Å²) in [4.78, 5) is 13.9. The molecule has 0 aromatic heterocycles. The van der Waals surface area contributed by atoms with Gasteiger partial charge in [-0.3, -0.25) is 4.79 Å². The molecule has 7 heteroatoms. The molecular weight excluding hydrogens is 335 g/mol. The molecule has 0 radical (unpaired) electrons. The second-order valence-corrected chi connectivity index (χ2v) is 5.48. The number of halogens is 4. The highest BCUT2D eigenvalue weighted by Gasteiger charge is 2.34. The number of hydrogen-bond donors (Lipinski definition) is 1. The molecule has 0 spiro atoms. The Morgan fingerprint density at radius 1 is 1.08 bits per heavy atom. The number of nitrogens with zero attached hydrogens (tertiary/aromatic N) is 1. The largest absolute Gasteiger partial charge is 0.419 e. The van der Waals surface area contributed by atoms with Crippen molar-refractivity contribution in [2.24, 2.45) is 0 Å². The summed E-state index contributed by atoms with van der Waals surface area (Å²) in [6.07, 6.45) is -2.44. The van der Waals surface area contributed by atoms with E-state index in [0.29, 0.717) is 17.8 Å². The van der Waals surface area contributed by atoms with E-state index in [4.69, 9.17) is 0 Å². The molecule has 0 bridgehead atoms. The molecule has 2 aromatic rings. The molecule has 0 heterocycles. The first-order valence-corrected chi connectivity index (χ1v) is 7.30. The molecule has 3 nitrogen and oxygen atoms in total. The minimum Gasteiger partial charge on any atom is -0.378 e. The quantitative estimate of drug-likeness (QED) is 0.481. The van der Waals surface area contributed by atoms with Gasteiger partial charge in [-0.05, 0) is 42.5 Å². The van der Waals surface area contributed by atoms with Crippen molar-refractivity contribution in [3.8, 4) is 0 Å². The third-order valence-corrected chi connectivity index (χ3v) is 3.42. The summed E-state index contributed by atoms with van der Waals surface area (Å²) in [6.45, 7) is 0. The van der Waals surface area contributed by atoms with Crippen molar-refractivity contribution in [1.29, 1.82) is 0 Å². The number of allylic oxidation sites excluding steroid dienone is 1. The molecule has 0 aliphatic rings. The van der Waals surface area contributed by atoms with E-state index < -0.39 is 23.3 Å². The van der Waals surface area contributed by atoms with Crippen molar-refractivity contribution in [3.05, 3.63) is 71.7 Å². The minimum atomic E-state index is -4.85. The Morgan fingerprint density at radius 2 is 1.72 bits per heavy atom.